The fourth-order valence-corrected chi connectivity index (χ4v) is 32.2. The van der Waals surface area contributed by atoms with Crippen molar-refractivity contribution in [1.29, 1.82) is 0 Å². The summed E-state index contributed by atoms with van der Waals surface area (Å²) in [6, 6.07) is 80.4. The average Bonchev–Trinajstić information content (AvgIpc) is 1.60. The van der Waals surface area contributed by atoms with E-state index in [2.05, 4.69) is 314 Å². The first-order valence-corrected chi connectivity index (χ1v) is 31.7. The number of allylic oxidation sites excluding steroid dienone is 6. The first-order chi connectivity index (χ1) is 39.2. The predicted octanol–water partition coefficient (Wildman–Crippen LogP) is 11.0. The third-order valence-electron chi connectivity index (χ3n) is 17.4. The summed E-state index contributed by atoms with van der Waals surface area (Å²) in [5.74, 6) is 0. The van der Waals surface area contributed by atoms with Crippen molar-refractivity contribution >= 4 is 67.6 Å². The molecule has 0 aliphatic carbocycles. The van der Waals surface area contributed by atoms with Gasteiger partial charge >= 0.3 is 460 Å². The summed E-state index contributed by atoms with van der Waals surface area (Å²) in [5, 5.41) is 7.12. The van der Waals surface area contributed by atoms with Crippen molar-refractivity contribution in [3.8, 4) is 0 Å². The molecule has 0 unspecified atom stereocenters. The Morgan fingerprint density at radius 1 is 0.177 bits per heavy atom. The van der Waals surface area contributed by atoms with Gasteiger partial charge in [-0.05, 0) is 0 Å². The van der Waals surface area contributed by atoms with Crippen LogP contribution in [0.5, 0.6) is 0 Å². The molecule has 0 bridgehead atoms. The van der Waals surface area contributed by atoms with Crippen LogP contribution in [0.2, 0.25) is 0 Å². The molecule has 0 N–H and O–H groups in total. The molecule has 0 saturated heterocycles. The number of hydrogen-bond acceptors (Lipinski definition) is 6. The number of anilines is 6. The monoisotopic (exact) mass is 1100 g/mol. The second-order valence-electron chi connectivity index (χ2n) is 21.0. The number of benzene rings is 9. The molecule has 18 rings (SSSR count). The summed E-state index contributed by atoms with van der Waals surface area (Å²) >= 11 is -6.81. The van der Waals surface area contributed by atoms with Gasteiger partial charge < -0.3 is 0 Å². The van der Waals surface area contributed by atoms with E-state index in [0.29, 0.717) is 0 Å². The van der Waals surface area contributed by atoms with E-state index >= 15 is 0 Å². The molecule has 1 spiro atoms. The van der Waals surface area contributed by atoms with E-state index < -0.39 is 13.9 Å². The Bertz CT molecular complexity index is 4070. The Labute approximate surface area is 457 Å². The van der Waals surface area contributed by atoms with Crippen molar-refractivity contribution in [2.24, 2.45) is 0 Å². The minimum atomic E-state index is -6.81. The summed E-state index contributed by atoms with van der Waals surface area (Å²) in [5.41, 5.74) is 21.3. The van der Waals surface area contributed by atoms with Crippen LogP contribution in [0.3, 0.4) is 0 Å². The number of rotatable bonds is 6. The van der Waals surface area contributed by atoms with Gasteiger partial charge in [-0.25, -0.2) is 0 Å². The summed E-state index contributed by atoms with van der Waals surface area (Å²) in [4.78, 5) is 0. The van der Waals surface area contributed by atoms with Gasteiger partial charge in [-0.3, -0.25) is 0 Å². The van der Waals surface area contributed by atoms with Crippen LogP contribution in [0.1, 0.15) is 33.4 Å². The van der Waals surface area contributed by atoms with Gasteiger partial charge in [0, 0.05) is 0 Å². The van der Waals surface area contributed by atoms with Gasteiger partial charge in [0.15, 0.2) is 0 Å². The summed E-state index contributed by atoms with van der Waals surface area (Å²) in [6.07, 6.45) is 29.4. The predicted molar refractivity (Wildman–Crippen MR) is 321 cm³/mol. The molecule has 9 aromatic carbocycles. The fourth-order valence-electron chi connectivity index (χ4n) is 14.3. The summed E-state index contributed by atoms with van der Waals surface area (Å²) in [6.45, 7) is 0. The van der Waals surface area contributed by atoms with E-state index in [1.165, 1.54) is 132 Å². The van der Waals surface area contributed by atoms with Crippen LogP contribution in [0, 0.1) is 0 Å². The zero-order valence-electron chi connectivity index (χ0n) is 42.7. The van der Waals surface area contributed by atoms with Crippen LogP contribution >= 0.6 is 0 Å². The molecule has 9 heterocycles. The Hall–Kier alpha value is -9.94. The quantitative estimate of drug-likeness (QED) is 0.154. The van der Waals surface area contributed by atoms with Gasteiger partial charge in [-0.15, -0.1) is 0 Å². The van der Waals surface area contributed by atoms with Crippen molar-refractivity contribution in [1.82, 2.24) is 0 Å². The van der Waals surface area contributed by atoms with Crippen molar-refractivity contribution in [3.05, 3.63) is 357 Å². The second kappa shape index (κ2) is 15.0. The van der Waals surface area contributed by atoms with Gasteiger partial charge in [0.2, 0.25) is 0 Å². The molecule has 0 saturated carbocycles. The SMILES string of the molecule is C1=C[N]2c3c4c(ccc3=C1c1ccccc1)=C(c1ccccc1)C=C[N]4[Ru]213([N]2C=CC(c4ccccc4)=c4ccc5c(c42)[N]1C=CC=5c1ccccc1)[N]1C=CC(c2ccccc2)=c2ccc4c(c21)[N]3C=CC=4c1ccccc1. The van der Waals surface area contributed by atoms with Crippen LogP contribution in [0.4, 0.5) is 34.1 Å². The van der Waals surface area contributed by atoms with E-state index in [9.17, 15) is 0 Å². The van der Waals surface area contributed by atoms with Crippen LogP contribution in [0.15, 0.2) is 292 Å². The van der Waals surface area contributed by atoms with Crippen molar-refractivity contribution in [2.45, 2.75) is 0 Å². The Morgan fingerprint density at radius 2 is 0.329 bits per heavy atom. The molecule has 7 heteroatoms. The average molecular weight is 1100 g/mol. The van der Waals surface area contributed by atoms with Gasteiger partial charge in [-0.1, -0.05) is 0 Å². The summed E-state index contributed by atoms with van der Waals surface area (Å²) < 4.78 is 17.0. The van der Waals surface area contributed by atoms with Crippen LogP contribution < -0.4 is 53.2 Å². The first-order valence-electron chi connectivity index (χ1n) is 27.0. The molecule has 9 aliphatic rings. The van der Waals surface area contributed by atoms with Crippen molar-refractivity contribution < 1.29 is 13.9 Å². The molecule has 0 fully saturated rings. The molecule has 9 aromatic rings. The standard InChI is InChI=1S/3C24H16N2.Ru/c3*1-3-7-17(8-4-1)19-13-15-25-23-21(19)11-12-22-20(14-16-26-24(22)23)18-9-5-2-6-10-18;/h3*1-16H;/q3*-2;+6. The summed E-state index contributed by atoms with van der Waals surface area (Å²) in [7, 11) is 0. The maximum absolute atomic E-state index is 6.81. The molecule has 6 nitrogen and oxygen atoms in total. The van der Waals surface area contributed by atoms with E-state index in [1.54, 1.807) is 0 Å². The second-order valence-corrected chi connectivity index (χ2v) is 31.2. The molecule has 0 aromatic heterocycles. The van der Waals surface area contributed by atoms with E-state index in [-0.39, 0.29) is 0 Å². The zero-order valence-corrected chi connectivity index (χ0v) is 44.5. The topological polar surface area (TPSA) is 19.4 Å². The normalized spacial score (nSPS) is 19.3. The van der Waals surface area contributed by atoms with Crippen molar-refractivity contribution in [2.75, 3.05) is 21.9 Å². The number of nitrogens with zero attached hydrogens (tertiary/aromatic N) is 6. The minimum absolute atomic E-state index is 1.18. The van der Waals surface area contributed by atoms with Gasteiger partial charge in [0.1, 0.15) is 0 Å². The molecular weight excluding hydrogens is 1050 g/mol. The van der Waals surface area contributed by atoms with Crippen LogP contribution in [-0.4, -0.2) is 0 Å². The van der Waals surface area contributed by atoms with Gasteiger partial charge in [0.25, 0.3) is 0 Å². The molecular formula is C72H48N6Ru. The van der Waals surface area contributed by atoms with E-state index in [1.807, 2.05) is 0 Å². The van der Waals surface area contributed by atoms with Crippen LogP contribution in [-0.2, 0) is 13.9 Å². The Kier molecular flexibility index (Phi) is 8.18. The first kappa shape index (κ1) is 43.2. The maximum atomic E-state index is 2.84. The molecule has 374 valence electrons. The third-order valence-corrected chi connectivity index (χ3v) is 32.6. The van der Waals surface area contributed by atoms with E-state index in [0.717, 1.165) is 0 Å². The molecule has 0 atom stereocenters. The van der Waals surface area contributed by atoms with Crippen molar-refractivity contribution in [3.63, 3.8) is 0 Å². The van der Waals surface area contributed by atoms with Crippen LogP contribution in [0.25, 0.3) is 33.4 Å². The Morgan fingerprint density at radius 3 is 0.481 bits per heavy atom. The zero-order chi connectivity index (χ0) is 51.7. The van der Waals surface area contributed by atoms with Gasteiger partial charge in [-0.2, -0.15) is 0 Å². The number of hydrogen-bond donors (Lipinski definition) is 0. The van der Waals surface area contributed by atoms with Gasteiger partial charge in [0.05, 0.1) is 0 Å². The molecule has 0 radical (unpaired) electrons. The molecule has 0 amide bonds. The fraction of sp³-hybridized carbons (Fsp3) is 0. The molecule has 79 heavy (non-hydrogen) atoms. The van der Waals surface area contributed by atoms with E-state index in [4.69, 9.17) is 0 Å². The molecule has 9 aliphatic heterocycles. The Balaban J connectivity index is 1.11. The third kappa shape index (κ3) is 4.71.